The van der Waals surface area contributed by atoms with Gasteiger partial charge in [-0.3, -0.25) is 0 Å². The van der Waals surface area contributed by atoms with E-state index in [0.29, 0.717) is 12.5 Å². The van der Waals surface area contributed by atoms with Crippen molar-refractivity contribution in [3.8, 4) is 0 Å². The molecule has 3 rings (SSSR count). The Hall–Kier alpha value is -1.54. The zero-order valence-electron chi connectivity index (χ0n) is 12.1. The number of anilines is 1. The number of benzene rings is 2. The van der Waals surface area contributed by atoms with Crippen molar-refractivity contribution in [2.24, 2.45) is 5.92 Å². The predicted molar refractivity (Wildman–Crippen MR) is 85.0 cm³/mol. The van der Waals surface area contributed by atoms with E-state index < -0.39 is 5.60 Å². The van der Waals surface area contributed by atoms with Crippen LogP contribution < -0.4 is 5.32 Å². The maximum atomic E-state index is 10.7. The Morgan fingerprint density at radius 2 is 2.00 bits per heavy atom. The van der Waals surface area contributed by atoms with E-state index in [0.717, 1.165) is 24.9 Å². The molecular weight excluding hydrogens is 246 g/mol. The second-order valence-corrected chi connectivity index (χ2v) is 6.34. The Kier molecular flexibility index (Phi) is 3.66. The average molecular weight is 269 g/mol. The fourth-order valence-corrected chi connectivity index (χ4v) is 3.36. The Morgan fingerprint density at radius 3 is 2.80 bits per heavy atom. The number of hydrogen-bond donors (Lipinski definition) is 2. The molecule has 2 unspecified atom stereocenters. The van der Waals surface area contributed by atoms with Crippen LogP contribution in [0.15, 0.2) is 42.5 Å². The van der Waals surface area contributed by atoms with Crippen molar-refractivity contribution in [3.63, 3.8) is 0 Å². The van der Waals surface area contributed by atoms with E-state index in [9.17, 15) is 5.11 Å². The molecule has 0 spiro atoms. The molecule has 0 radical (unpaired) electrons. The van der Waals surface area contributed by atoms with Crippen LogP contribution in [0.3, 0.4) is 0 Å². The normalized spacial score (nSPS) is 26.6. The molecule has 0 aromatic heterocycles. The first-order chi connectivity index (χ1) is 9.65. The smallest absolute Gasteiger partial charge is 0.0821 e. The van der Waals surface area contributed by atoms with Gasteiger partial charge in [0.2, 0.25) is 0 Å². The number of fused-ring (bicyclic) bond motifs is 1. The van der Waals surface area contributed by atoms with Gasteiger partial charge in [0.15, 0.2) is 0 Å². The average Bonchev–Trinajstić information content (AvgIpc) is 2.45. The molecule has 2 aromatic rings. The van der Waals surface area contributed by atoms with Crippen molar-refractivity contribution in [2.75, 3.05) is 11.9 Å². The van der Waals surface area contributed by atoms with Gasteiger partial charge < -0.3 is 10.4 Å². The van der Waals surface area contributed by atoms with Gasteiger partial charge in [-0.15, -0.1) is 0 Å². The highest BCUT2D eigenvalue weighted by molar-refractivity contribution is 5.85. The number of hydrogen-bond acceptors (Lipinski definition) is 2. The highest BCUT2D eigenvalue weighted by atomic mass is 16.3. The van der Waals surface area contributed by atoms with Crippen LogP contribution in [-0.2, 0) is 0 Å². The summed E-state index contributed by atoms with van der Waals surface area (Å²) >= 11 is 0. The third-order valence-corrected chi connectivity index (χ3v) is 4.44. The van der Waals surface area contributed by atoms with Gasteiger partial charge in [0.1, 0.15) is 0 Å². The summed E-state index contributed by atoms with van der Waals surface area (Å²) in [5.41, 5.74) is 0.555. The molecule has 2 nitrogen and oxygen atoms in total. The first kappa shape index (κ1) is 13.4. The summed E-state index contributed by atoms with van der Waals surface area (Å²) in [6.07, 6.45) is 4.21. The summed E-state index contributed by atoms with van der Waals surface area (Å²) in [5.74, 6) is 0.632. The van der Waals surface area contributed by atoms with Gasteiger partial charge in [-0.05, 0) is 41.7 Å². The lowest BCUT2D eigenvalue weighted by Gasteiger charge is -2.35. The lowest BCUT2D eigenvalue weighted by molar-refractivity contribution is -0.000759. The summed E-state index contributed by atoms with van der Waals surface area (Å²) < 4.78 is 0. The molecule has 1 saturated carbocycles. The van der Waals surface area contributed by atoms with E-state index in [1.807, 2.05) is 0 Å². The largest absolute Gasteiger partial charge is 0.388 e. The maximum Gasteiger partial charge on any atom is 0.0821 e. The third-order valence-electron chi connectivity index (χ3n) is 4.44. The first-order valence-electron chi connectivity index (χ1n) is 7.60. The standard InChI is InChI=1S/C18H23NO/c1-14-5-4-10-18(20,12-14)13-19-17-9-8-15-6-2-3-7-16(15)11-17/h2-3,6-9,11,14,19-20H,4-5,10,12-13H2,1H3. The molecule has 2 aromatic carbocycles. The minimum absolute atomic E-state index is 0.538. The predicted octanol–water partition coefficient (Wildman–Crippen LogP) is 4.19. The number of rotatable bonds is 3. The molecule has 0 aliphatic heterocycles. The Morgan fingerprint density at radius 1 is 1.20 bits per heavy atom. The zero-order valence-corrected chi connectivity index (χ0v) is 12.1. The molecule has 0 saturated heterocycles. The summed E-state index contributed by atoms with van der Waals surface area (Å²) in [4.78, 5) is 0. The quantitative estimate of drug-likeness (QED) is 0.875. The SMILES string of the molecule is CC1CCCC(O)(CNc2ccc3ccccc3c2)C1. The highest BCUT2D eigenvalue weighted by Gasteiger charge is 2.32. The molecule has 20 heavy (non-hydrogen) atoms. The highest BCUT2D eigenvalue weighted by Crippen LogP contribution is 2.32. The van der Waals surface area contributed by atoms with Crippen molar-refractivity contribution in [1.82, 2.24) is 0 Å². The fourth-order valence-electron chi connectivity index (χ4n) is 3.36. The molecule has 1 aliphatic rings. The maximum absolute atomic E-state index is 10.7. The van der Waals surface area contributed by atoms with Gasteiger partial charge in [-0.2, -0.15) is 0 Å². The minimum atomic E-state index is -0.538. The molecular formula is C18H23NO. The zero-order chi connectivity index (χ0) is 14.0. The van der Waals surface area contributed by atoms with Gasteiger partial charge in [0, 0.05) is 12.2 Å². The lowest BCUT2D eigenvalue weighted by Crippen LogP contribution is -2.41. The van der Waals surface area contributed by atoms with Crippen LogP contribution in [0, 0.1) is 5.92 Å². The minimum Gasteiger partial charge on any atom is -0.388 e. The number of aliphatic hydroxyl groups is 1. The molecule has 2 heteroatoms. The topological polar surface area (TPSA) is 32.3 Å². The van der Waals surface area contributed by atoms with Crippen LogP contribution >= 0.6 is 0 Å². The van der Waals surface area contributed by atoms with Crippen molar-refractivity contribution < 1.29 is 5.11 Å². The molecule has 2 atom stereocenters. The summed E-state index contributed by atoms with van der Waals surface area (Å²) in [7, 11) is 0. The number of nitrogens with one attached hydrogen (secondary N) is 1. The van der Waals surface area contributed by atoms with E-state index in [1.54, 1.807) is 0 Å². The van der Waals surface area contributed by atoms with Crippen LogP contribution in [0.4, 0.5) is 5.69 Å². The van der Waals surface area contributed by atoms with E-state index in [2.05, 4.69) is 54.7 Å². The Bertz CT molecular complexity index is 595. The van der Waals surface area contributed by atoms with Crippen molar-refractivity contribution in [3.05, 3.63) is 42.5 Å². The summed E-state index contributed by atoms with van der Waals surface area (Å²) in [6.45, 7) is 2.88. The van der Waals surface area contributed by atoms with Crippen LogP contribution in [-0.4, -0.2) is 17.3 Å². The first-order valence-corrected chi connectivity index (χ1v) is 7.60. The van der Waals surface area contributed by atoms with Crippen LogP contribution in [0.2, 0.25) is 0 Å². The van der Waals surface area contributed by atoms with Crippen LogP contribution in [0.5, 0.6) is 0 Å². The van der Waals surface area contributed by atoms with Crippen molar-refractivity contribution >= 4 is 16.5 Å². The molecule has 2 N–H and O–H groups in total. The van der Waals surface area contributed by atoms with Gasteiger partial charge in [0.25, 0.3) is 0 Å². The van der Waals surface area contributed by atoms with Gasteiger partial charge in [-0.1, -0.05) is 50.1 Å². The third kappa shape index (κ3) is 2.96. The Balaban J connectivity index is 1.70. The summed E-state index contributed by atoms with van der Waals surface area (Å²) in [6, 6.07) is 14.7. The fraction of sp³-hybridized carbons (Fsp3) is 0.444. The van der Waals surface area contributed by atoms with E-state index in [1.165, 1.54) is 17.2 Å². The second kappa shape index (κ2) is 5.45. The van der Waals surface area contributed by atoms with Gasteiger partial charge in [0.05, 0.1) is 5.60 Å². The van der Waals surface area contributed by atoms with Crippen LogP contribution in [0.25, 0.3) is 10.8 Å². The molecule has 0 heterocycles. The van der Waals surface area contributed by atoms with Crippen molar-refractivity contribution in [1.29, 1.82) is 0 Å². The second-order valence-electron chi connectivity index (χ2n) is 6.34. The summed E-state index contributed by atoms with van der Waals surface area (Å²) in [5, 5.41) is 16.6. The molecule has 0 bridgehead atoms. The Labute approximate surface area is 120 Å². The van der Waals surface area contributed by atoms with Crippen molar-refractivity contribution in [2.45, 2.75) is 38.2 Å². The molecule has 1 aliphatic carbocycles. The van der Waals surface area contributed by atoms with Gasteiger partial charge >= 0.3 is 0 Å². The van der Waals surface area contributed by atoms with Gasteiger partial charge in [-0.25, -0.2) is 0 Å². The van der Waals surface area contributed by atoms with E-state index >= 15 is 0 Å². The van der Waals surface area contributed by atoms with E-state index in [-0.39, 0.29) is 0 Å². The molecule has 106 valence electrons. The van der Waals surface area contributed by atoms with Crippen LogP contribution in [0.1, 0.15) is 32.6 Å². The molecule has 0 amide bonds. The molecule has 1 fully saturated rings. The monoisotopic (exact) mass is 269 g/mol. The lowest BCUT2D eigenvalue weighted by atomic mass is 9.79. The van der Waals surface area contributed by atoms with E-state index in [4.69, 9.17) is 0 Å².